The largest absolute Gasteiger partial charge is 0.490 e. The van der Waals surface area contributed by atoms with Gasteiger partial charge < -0.3 is 9.84 Å². The number of thiol groups is 1. The van der Waals surface area contributed by atoms with Gasteiger partial charge in [0, 0.05) is 11.3 Å². The van der Waals surface area contributed by atoms with Crippen LogP contribution in [0.2, 0.25) is 0 Å². The van der Waals surface area contributed by atoms with Gasteiger partial charge in [0.2, 0.25) is 0 Å². The molecule has 1 aromatic rings. The Bertz CT molecular complexity index is 455. The van der Waals surface area contributed by atoms with Crippen LogP contribution in [0.15, 0.2) is 18.2 Å². The second-order valence-electron chi connectivity index (χ2n) is 3.54. The molecule has 1 aromatic carbocycles. The molecule has 94 valence electrons. The zero-order valence-corrected chi connectivity index (χ0v) is 10.8. The summed E-state index contributed by atoms with van der Waals surface area (Å²) in [6, 6.07) is 4.83. The van der Waals surface area contributed by atoms with E-state index in [1.54, 1.807) is 19.1 Å². The van der Waals surface area contributed by atoms with Crippen molar-refractivity contribution >= 4 is 22.1 Å². The molecule has 0 bridgehead atoms. The van der Waals surface area contributed by atoms with E-state index in [9.17, 15) is 15.2 Å². The second kappa shape index (κ2) is 5.79. The van der Waals surface area contributed by atoms with Crippen molar-refractivity contribution in [3.8, 4) is 5.75 Å². The van der Waals surface area contributed by atoms with Crippen LogP contribution in [-0.2, 0) is 0 Å². The van der Waals surface area contributed by atoms with E-state index in [0.717, 1.165) is 16.9 Å². The first kappa shape index (κ1) is 13.7. The lowest BCUT2D eigenvalue weighted by molar-refractivity contribution is -0.385. The molecule has 5 nitrogen and oxygen atoms in total. The maximum Gasteiger partial charge on any atom is 0.311 e. The van der Waals surface area contributed by atoms with E-state index >= 15 is 0 Å². The van der Waals surface area contributed by atoms with Gasteiger partial charge in [0.1, 0.15) is 0 Å². The fraction of sp³-hybridized carbons (Fsp3) is 0.364. The highest BCUT2D eigenvalue weighted by molar-refractivity contribution is 7.98. The van der Waals surface area contributed by atoms with E-state index in [2.05, 4.69) is 0 Å². The first-order chi connectivity index (χ1) is 7.95. The lowest BCUT2D eigenvalue weighted by Gasteiger charge is -2.09. The second-order valence-corrected chi connectivity index (χ2v) is 5.22. The third-order valence-electron chi connectivity index (χ3n) is 2.26. The Labute approximate surface area is 103 Å². The van der Waals surface area contributed by atoms with Crippen molar-refractivity contribution in [3.63, 3.8) is 0 Å². The number of hydrogen-bond acceptors (Lipinski definition) is 3. The molecule has 0 aliphatic rings. The van der Waals surface area contributed by atoms with Gasteiger partial charge in [0.25, 0.3) is 0 Å². The summed E-state index contributed by atoms with van der Waals surface area (Å²) in [6.45, 7) is 3.50. The molecule has 0 spiro atoms. The number of aliphatic hydroxyl groups is 1. The van der Waals surface area contributed by atoms with Gasteiger partial charge in [-0.1, -0.05) is 6.07 Å². The minimum absolute atomic E-state index is 0.00426. The summed E-state index contributed by atoms with van der Waals surface area (Å²) in [4.78, 5) is 10.4. The number of benzene rings is 1. The molecule has 0 saturated carbocycles. The molecule has 0 saturated heterocycles. The Morgan fingerprint density at radius 3 is 2.71 bits per heavy atom. The van der Waals surface area contributed by atoms with Crippen molar-refractivity contribution in [2.24, 2.45) is 0 Å². The third kappa shape index (κ3) is 3.54. The molecule has 0 amide bonds. The van der Waals surface area contributed by atoms with Crippen LogP contribution in [0.4, 0.5) is 5.69 Å². The molecule has 6 heteroatoms. The van der Waals surface area contributed by atoms with Gasteiger partial charge in [-0.3, -0.25) is 10.1 Å². The highest BCUT2D eigenvalue weighted by atomic mass is 32.1. The van der Waals surface area contributed by atoms with E-state index < -0.39 is 4.92 Å². The van der Waals surface area contributed by atoms with Gasteiger partial charge in [-0.25, -0.2) is 0 Å². The molecule has 1 unspecified atom stereocenters. The number of ether oxygens (including phenoxy) is 1. The zero-order valence-electron chi connectivity index (χ0n) is 9.88. The van der Waals surface area contributed by atoms with Crippen LogP contribution >= 0.6 is 11.4 Å². The topological polar surface area (TPSA) is 72.6 Å². The van der Waals surface area contributed by atoms with Gasteiger partial charge in [0.15, 0.2) is 5.75 Å². The van der Waals surface area contributed by atoms with Crippen molar-refractivity contribution < 1.29 is 14.8 Å². The highest BCUT2D eigenvalue weighted by Gasteiger charge is 2.16. The van der Waals surface area contributed by atoms with Crippen LogP contribution in [0.25, 0.3) is 0 Å². The highest BCUT2D eigenvalue weighted by Crippen LogP contribution is 2.32. The third-order valence-corrected chi connectivity index (χ3v) is 3.32. The summed E-state index contributed by atoms with van der Waals surface area (Å²) in [5.41, 5.74) is 0.746. The standard InChI is InChI=1S/C11H15NO4S/c1-7(17-8(2)13)9-4-5-11(16-3)10(6-9)12(14)15/h4-7,13,17H,1-3H3. The van der Waals surface area contributed by atoms with Gasteiger partial charge in [0.05, 0.1) is 17.1 Å². The van der Waals surface area contributed by atoms with Crippen molar-refractivity contribution in [3.05, 3.63) is 33.9 Å². The number of hydrogen-bond donors (Lipinski definition) is 2. The maximum atomic E-state index is 10.8. The van der Waals surface area contributed by atoms with Crippen molar-refractivity contribution in [2.75, 3.05) is 7.11 Å². The average molecular weight is 257 g/mol. The first-order valence-electron chi connectivity index (χ1n) is 5.01. The molecule has 0 aliphatic heterocycles. The predicted octanol–water partition coefficient (Wildman–Crippen LogP) is 2.84. The summed E-state index contributed by atoms with van der Waals surface area (Å²) in [5.74, 6) is 0.243. The molecule has 0 fully saturated rings. The Morgan fingerprint density at radius 2 is 2.24 bits per heavy atom. The molecule has 0 radical (unpaired) electrons. The van der Waals surface area contributed by atoms with Crippen molar-refractivity contribution in [2.45, 2.75) is 19.1 Å². The number of nitrogens with zero attached hydrogens (tertiary/aromatic N) is 1. The fourth-order valence-electron chi connectivity index (χ4n) is 1.46. The van der Waals surface area contributed by atoms with E-state index in [1.807, 2.05) is 6.92 Å². The van der Waals surface area contributed by atoms with Gasteiger partial charge in [-0.15, -0.1) is 0 Å². The monoisotopic (exact) mass is 257 g/mol. The number of nitro benzene ring substituents is 1. The first-order valence-corrected chi connectivity index (χ1v) is 5.97. The van der Waals surface area contributed by atoms with Crippen molar-refractivity contribution in [1.29, 1.82) is 0 Å². The lowest BCUT2D eigenvalue weighted by Crippen LogP contribution is -1.97. The Morgan fingerprint density at radius 1 is 1.59 bits per heavy atom. The van der Waals surface area contributed by atoms with Crippen LogP contribution in [-0.4, -0.2) is 22.2 Å². The minimum Gasteiger partial charge on any atom is -0.490 e. The number of methoxy groups -OCH3 is 1. The maximum absolute atomic E-state index is 10.8. The summed E-state index contributed by atoms with van der Waals surface area (Å²) < 4.78 is 4.92. The minimum atomic E-state index is -0.471. The van der Waals surface area contributed by atoms with Crippen LogP contribution in [0.3, 0.4) is 0 Å². The van der Waals surface area contributed by atoms with E-state index in [0.29, 0.717) is 0 Å². The summed E-state index contributed by atoms with van der Waals surface area (Å²) in [7, 11) is 1.40. The van der Waals surface area contributed by atoms with Gasteiger partial charge >= 0.3 is 5.69 Å². The van der Waals surface area contributed by atoms with E-state index in [4.69, 9.17) is 4.74 Å². The normalized spacial score (nSPS) is 13.8. The van der Waals surface area contributed by atoms with Crippen LogP contribution in [0.1, 0.15) is 24.7 Å². The zero-order chi connectivity index (χ0) is 13.0. The van der Waals surface area contributed by atoms with Crippen molar-refractivity contribution in [1.82, 2.24) is 0 Å². The molecular formula is C11H15NO4S. The average Bonchev–Trinajstić information content (AvgIpc) is 2.27. The number of rotatable bonds is 4. The lowest BCUT2D eigenvalue weighted by atomic mass is 10.1. The smallest absolute Gasteiger partial charge is 0.311 e. The Hall–Kier alpha value is -1.40. The van der Waals surface area contributed by atoms with E-state index in [-0.39, 0.29) is 21.7 Å². The summed E-state index contributed by atoms with van der Waals surface area (Å²) >= 11 is 0.743. The molecule has 0 heterocycles. The molecule has 1 atom stereocenters. The predicted molar refractivity (Wildman–Crippen MR) is 70.4 cm³/mol. The van der Waals surface area contributed by atoms with Crippen LogP contribution in [0.5, 0.6) is 5.75 Å². The molecule has 0 aromatic heterocycles. The van der Waals surface area contributed by atoms with Crippen LogP contribution < -0.4 is 4.74 Å². The van der Waals surface area contributed by atoms with Gasteiger partial charge in [-0.05, 0) is 25.5 Å². The van der Waals surface area contributed by atoms with Gasteiger partial charge in [-0.2, -0.15) is 11.4 Å². The molecule has 0 aliphatic carbocycles. The molecular weight excluding hydrogens is 242 g/mol. The SMILES string of the molecule is COc1ccc(C(C)[SH]=C(C)O)cc1[N+](=O)[O-]. The quantitative estimate of drug-likeness (QED) is 0.376. The van der Waals surface area contributed by atoms with E-state index in [1.165, 1.54) is 13.2 Å². The molecule has 1 rings (SSSR count). The molecule has 1 N–H and O–H groups in total. The fourth-order valence-corrected chi connectivity index (χ4v) is 2.33. The number of aliphatic hydroxyl groups excluding tert-OH is 1. The summed E-state index contributed by atoms with van der Waals surface area (Å²) in [5, 5.41) is 20.3. The summed E-state index contributed by atoms with van der Waals surface area (Å²) in [6.07, 6.45) is 0. The Kier molecular flexibility index (Phi) is 4.65. The van der Waals surface area contributed by atoms with Crippen LogP contribution in [0, 0.1) is 10.1 Å². The Balaban J connectivity index is 3.16. The molecule has 17 heavy (non-hydrogen) atoms. The number of nitro groups is 1.